The molecule has 0 N–H and O–H groups in total. The van der Waals surface area contributed by atoms with Gasteiger partial charge in [-0.2, -0.15) is 9.78 Å². The van der Waals surface area contributed by atoms with E-state index in [1.165, 1.54) is 31.0 Å². The Hall–Kier alpha value is -3.60. The van der Waals surface area contributed by atoms with Gasteiger partial charge in [0.05, 0.1) is 33.6 Å². The zero-order chi connectivity index (χ0) is 25.8. The quantitative estimate of drug-likeness (QED) is 0.174. The molecule has 10 nitrogen and oxygen atoms in total. The lowest BCUT2D eigenvalue weighted by Gasteiger charge is -2.22. The molecule has 0 aliphatic heterocycles. The molecule has 2 aromatic carbocycles. The molecule has 1 aliphatic carbocycles. The van der Waals surface area contributed by atoms with Crippen LogP contribution in [0.1, 0.15) is 56.3 Å². The van der Waals surface area contributed by atoms with E-state index in [2.05, 4.69) is 25.8 Å². The second-order valence-electron chi connectivity index (χ2n) is 8.57. The van der Waals surface area contributed by atoms with E-state index in [0.29, 0.717) is 22.3 Å². The van der Waals surface area contributed by atoms with Crippen LogP contribution < -0.4 is 10.3 Å². The maximum absolute atomic E-state index is 13.4. The van der Waals surface area contributed by atoms with Crippen molar-refractivity contribution in [2.75, 3.05) is 7.11 Å². The van der Waals surface area contributed by atoms with Crippen molar-refractivity contribution in [2.45, 2.75) is 51.0 Å². The number of halogens is 1. The first-order valence-electron chi connectivity index (χ1n) is 11.6. The fraction of sp³-hybridized carbons (Fsp3) is 0.360. The van der Waals surface area contributed by atoms with Gasteiger partial charge in [-0.25, -0.2) is 9.78 Å². The lowest BCUT2D eigenvalue weighted by atomic mass is 9.88. The molecule has 0 amide bonds. The molecule has 1 saturated carbocycles. The van der Waals surface area contributed by atoms with Gasteiger partial charge in [0.1, 0.15) is 5.82 Å². The third-order valence-electron chi connectivity index (χ3n) is 6.14. The maximum Gasteiger partial charge on any atom is 0.346 e. The Morgan fingerprint density at radius 2 is 2.00 bits per heavy atom. The van der Waals surface area contributed by atoms with Gasteiger partial charge in [-0.15, -0.1) is 0 Å². The van der Waals surface area contributed by atoms with Crippen LogP contribution in [0.15, 0.2) is 50.8 Å². The minimum Gasteiger partial charge on any atom is -0.471 e. The number of hydrogen-bond donors (Lipinski definition) is 0. The molecule has 11 heteroatoms. The summed E-state index contributed by atoms with van der Waals surface area (Å²) in [4.78, 5) is 41.0. The number of fused-ring (bicyclic) bond motifs is 1. The third kappa shape index (κ3) is 5.30. The van der Waals surface area contributed by atoms with Gasteiger partial charge in [0.15, 0.2) is 6.10 Å². The maximum atomic E-state index is 13.4. The molecule has 1 aromatic heterocycles. The molecule has 0 bridgehead atoms. The predicted molar refractivity (Wildman–Crippen MR) is 138 cm³/mol. The van der Waals surface area contributed by atoms with Crippen LogP contribution in [0.3, 0.4) is 0 Å². The van der Waals surface area contributed by atoms with E-state index in [9.17, 15) is 19.7 Å². The Labute approximate surface area is 215 Å². The van der Waals surface area contributed by atoms with Crippen molar-refractivity contribution in [1.82, 2.24) is 9.66 Å². The number of rotatable bonds is 7. The van der Waals surface area contributed by atoms with Crippen molar-refractivity contribution in [3.8, 4) is 5.75 Å². The topological polar surface area (TPSA) is 126 Å². The summed E-state index contributed by atoms with van der Waals surface area (Å²) in [6.45, 7) is 1.43. The summed E-state index contributed by atoms with van der Waals surface area (Å²) in [5.74, 6) is -0.0809. The number of methoxy groups -OCH3 is 1. The molecule has 188 valence electrons. The Bertz CT molecular complexity index is 1400. The number of carbonyl (C=O) groups is 1. The zero-order valence-corrected chi connectivity index (χ0v) is 21.4. The van der Waals surface area contributed by atoms with E-state index < -0.39 is 17.0 Å². The van der Waals surface area contributed by atoms with Crippen LogP contribution >= 0.6 is 15.9 Å². The fourth-order valence-electron chi connectivity index (χ4n) is 4.32. The molecule has 0 unspecified atom stereocenters. The van der Waals surface area contributed by atoms with Crippen LogP contribution in [0, 0.1) is 10.1 Å². The van der Waals surface area contributed by atoms with E-state index >= 15 is 0 Å². The molecule has 36 heavy (non-hydrogen) atoms. The van der Waals surface area contributed by atoms with Crippen LogP contribution in [0.5, 0.6) is 5.75 Å². The summed E-state index contributed by atoms with van der Waals surface area (Å²) in [6.07, 6.45) is 5.44. The number of aromatic nitrogens is 2. The SMILES string of the molecule is COC(=O)[C@H](C)Oc1c(Br)cc(C=Nn2c(C3CCCCC3)nc3ccccc3c2=O)cc1[N+](=O)[O-]. The number of carbonyl (C=O) groups excluding carboxylic acids is 1. The molecule has 3 aromatic rings. The van der Waals surface area contributed by atoms with Crippen molar-refractivity contribution < 1.29 is 19.2 Å². The number of hydrogen-bond acceptors (Lipinski definition) is 8. The van der Waals surface area contributed by atoms with Crippen LogP contribution in [0.2, 0.25) is 0 Å². The van der Waals surface area contributed by atoms with E-state index in [1.54, 1.807) is 18.2 Å². The predicted octanol–water partition coefficient (Wildman–Crippen LogP) is 4.94. The highest BCUT2D eigenvalue weighted by Crippen LogP contribution is 2.37. The Kier molecular flexibility index (Phi) is 7.78. The molecule has 1 fully saturated rings. The van der Waals surface area contributed by atoms with Gasteiger partial charge in [-0.3, -0.25) is 14.9 Å². The smallest absolute Gasteiger partial charge is 0.346 e. The van der Waals surface area contributed by atoms with Gasteiger partial charge >= 0.3 is 11.7 Å². The standard InChI is InChI=1S/C25H25BrN4O6/c1-15(25(32)35-2)36-22-19(26)12-16(13-21(22)30(33)34)14-27-29-23(17-8-4-3-5-9-17)28-20-11-7-6-10-18(20)24(29)31/h6-7,10-15,17H,3-5,8-9H2,1-2H3/t15-/m0/s1. The molecule has 4 rings (SSSR count). The highest BCUT2D eigenvalue weighted by molar-refractivity contribution is 9.10. The fourth-order valence-corrected chi connectivity index (χ4v) is 4.88. The molecule has 0 radical (unpaired) electrons. The first-order chi connectivity index (χ1) is 17.3. The molecule has 0 saturated heterocycles. The van der Waals surface area contributed by atoms with Crippen molar-refractivity contribution >= 4 is 44.7 Å². The largest absolute Gasteiger partial charge is 0.471 e. The molecule has 1 aliphatic rings. The minimum atomic E-state index is -1.05. The molecular formula is C25H25BrN4O6. The van der Waals surface area contributed by atoms with Gasteiger partial charge in [0.2, 0.25) is 5.75 Å². The van der Waals surface area contributed by atoms with Gasteiger partial charge in [0, 0.05) is 17.5 Å². The minimum absolute atomic E-state index is 0.102. The van der Waals surface area contributed by atoms with Gasteiger partial charge in [-0.05, 0) is 53.9 Å². The highest BCUT2D eigenvalue weighted by atomic mass is 79.9. The van der Waals surface area contributed by atoms with Crippen LogP contribution in [0.25, 0.3) is 10.9 Å². The molecular weight excluding hydrogens is 532 g/mol. The second kappa shape index (κ2) is 11.0. The first-order valence-corrected chi connectivity index (χ1v) is 12.4. The van der Waals surface area contributed by atoms with E-state index in [-0.39, 0.29) is 27.4 Å². The summed E-state index contributed by atoms with van der Waals surface area (Å²) in [5.41, 5.74) is 0.325. The Balaban J connectivity index is 1.77. The first kappa shape index (κ1) is 25.5. The summed E-state index contributed by atoms with van der Waals surface area (Å²) in [7, 11) is 1.20. The van der Waals surface area contributed by atoms with E-state index in [4.69, 9.17) is 9.72 Å². The second-order valence-corrected chi connectivity index (χ2v) is 9.43. The summed E-state index contributed by atoms with van der Waals surface area (Å²) < 4.78 is 11.7. The monoisotopic (exact) mass is 556 g/mol. The molecule has 1 atom stereocenters. The van der Waals surface area contributed by atoms with E-state index in [1.807, 2.05) is 12.1 Å². The van der Waals surface area contributed by atoms with Crippen LogP contribution in [-0.2, 0) is 9.53 Å². The lowest BCUT2D eigenvalue weighted by Crippen LogP contribution is -2.25. The summed E-state index contributed by atoms with van der Waals surface area (Å²) in [6, 6.07) is 9.97. The van der Waals surface area contributed by atoms with Gasteiger partial charge in [0.25, 0.3) is 5.56 Å². The number of nitrogens with zero attached hydrogens (tertiary/aromatic N) is 4. The summed E-state index contributed by atoms with van der Waals surface area (Å²) in [5, 5.41) is 16.6. The number of para-hydroxylation sites is 1. The van der Waals surface area contributed by atoms with Gasteiger partial charge < -0.3 is 9.47 Å². The number of esters is 1. The number of ether oxygens (including phenoxy) is 2. The van der Waals surface area contributed by atoms with Gasteiger partial charge in [-0.1, -0.05) is 31.4 Å². The summed E-state index contributed by atoms with van der Waals surface area (Å²) >= 11 is 3.29. The lowest BCUT2D eigenvalue weighted by molar-refractivity contribution is -0.386. The zero-order valence-electron chi connectivity index (χ0n) is 19.8. The number of nitro groups is 1. The van der Waals surface area contributed by atoms with Crippen molar-refractivity contribution in [1.29, 1.82) is 0 Å². The van der Waals surface area contributed by atoms with Crippen molar-refractivity contribution in [3.05, 3.63) is 72.7 Å². The Morgan fingerprint density at radius 3 is 2.69 bits per heavy atom. The van der Waals surface area contributed by atoms with Crippen molar-refractivity contribution in [2.24, 2.45) is 5.10 Å². The van der Waals surface area contributed by atoms with Crippen molar-refractivity contribution in [3.63, 3.8) is 0 Å². The molecule has 1 heterocycles. The highest BCUT2D eigenvalue weighted by Gasteiger charge is 2.26. The third-order valence-corrected chi connectivity index (χ3v) is 6.73. The average Bonchev–Trinajstić information content (AvgIpc) is 2.89. The Morgan fingerprint density at radius 1 is 1.28 bits per heavy atom. The average molecular weight is 557 g/mol. The number of nitro benzene ring substituents is 1. The van der Waals surface area contributed by atoms with Crippen LogP contribution in [-0.4, -0.2) is 40.0 Å². The number of benzene rings is 2. The normalized spacial score (nSPS) is 15.2. The van der Waals surface area contributed by atoms with Crippen LogP contribution in [0.4, 0.5) is 5.69 Å². The molecule has 0 spiro atoms. The van der Waals surface area contributed by atoms with E-state index in [0.717, 1.165) is 32.1 Å².